The first kappa shape index (κ1) is 16.2. The zero-order valence-electron chi connectivity index (χ0n) is 15.0. The number of hydrogen-bond acceptors (Lipinski definition) is 2. The summed E-state index contributed by atoms with van der Waals surface area (Å²) in [6.45, 7) is 4.19. The average molecular weight is 336 g/mol. The maximum Gasteiger partial charge on any atom is 0.160 e. The zero-order chi connectivity index (χ0) is 17.9. The number of hydrogen-bond donors (Lipinski definition) is 0. The third-order valence-electron chi connectivity index (χ3n) is 4.42. The van der Waals surface area contributed by atoms with Gasteiger partial charge >= 0.3 is 0 Å². The summed E-state index contributed by atoms with van der Waals surface area (Å²) in [5.41, 5.74) is 7.56. The van der Waals surface area contributed by atoms with Crippen molar-refractivity contribution in [3.63, 3.8) is 0 Å². The van der Waals surface area contributed by atoms with E-state index >= 15 is 0 Å². The molecule has 0 aliphatic heterocycles. The molecule has 0 radical (unpaired) electrons. The van der Waals surface area contributed by atoms with Gasteiger partial charge in [0, 0.05) is 16.7 Å². The molecule has 0 bridgehead atoms. The minimum Gasteiger partial charge on any atom is -0.228 e. The maximum atomic E-state index is 4.86. The SMILES string of the molecule is Cc1ccc(-c2nc(-c3ccccc3)cc(-c3cccc(C)c3)n2)cc1. The molecule has 0 amide bonds. The fourth-order valence-corrected chi connectivity index (χ4v) is 2.99. The quantitative estimate of drug-likeness (QED) is 0.452. The van der Waals surface area contributed by atoms with Crippen LogP contribution in [-0.4, -0.2) is 9.97 Å². The van der Waals surface area contributed by atoms with Gasteiger partial charge in [0.25, 0.3) is 0 Å². The van der Waals surface area contributed by atoms with Gasteiger partial charge in [0.1, 0.15) is 0 Å². The Hall–Kier alpha value is -3.26. The van der Waals surface area contributed by atoms with Gasteiger partial charge in [-0.1, -0.05) is 83.9 Å². The van der Waals surface area contributed by atoms with Gasteiger partial charge in [-0.2, -0.15) is 0 Å². The molecule has 3 aromatic carbocycles. The topological polar surface area (TPSA) is 25.8 Å². The summed E-state index contributed by atoms with van der Waals surface area (Å²) in [6, 6.07) is 29.1. The fraction of sp³-hybridized carbons (Fsp3) is 0.0833. The second kappa shape index (κ2) is 6.93. The van der Waals surface area contributed by atoms with E-state index in [1.54, 1.807) is 0 Å². The van der Waals surface area contributed by atoms with Gasteiger partial charge < -0.3 is 0 Å². The minimum atomic E-state index is 0.753. The Morgan fingerprint density at radius 1 is 0.500 bits per heavy atom. The number of aromatic nitrogens is 2. The molecule has 1 heterocycles. The van der Waals surface area contributed by atoms with Crippen molar-refractivity contribution in [3.8, 4) is 33.9 Å². The average Bonchev–Trinajstić information content (AvgIpc) is 2.69. The van der Waals surface area contributed by atoms with Gasteiger partial charge in [-0.15, -0.1) is 0 Å². The molecule has 2 nitrogen and oxygen atoms in total. The smallest absolute Gasteiger partial charge is 0.160 e. The van der Waals surface area contributed by atoms with Crippen LogP contribution in [0.25, 0.3) is 33.9 Å². The van der Waals surface area contributed by atoms with Crippen LogP contribution in [0.1, 0.15) is 11.1 Å². The van der Waals surface area contributed by atoms with Gasteiger partial charge in [0.05, 0.1) is 11.4 Å². The summed E-state index contributed by atoms with van der Waals surface area (Å²) in [5.74, 6) is 0.753. The molecule has 4 rings (SSSR count). The number of nitrogens with zero attached hydrogens (tertiary/aromatic N) is 2. The predicted molar refractivity (Wildman–Crippen MR) is 108 cm³/mol. The molecule has 1 aromatic heterocycles. The third-order valence-corrected chi connectivity index (χ3v) is 4.42. The third kappa shape index (κ3) is 3.40. The van der Waals surface area contributed by atoms with E-state index in [9.17, 15) is 0 Å². The number of benzene rings is 3. The first-order valence-electron chi connectivity index (χ1n) is 8.78. The van der Waals surface area contributed by atoms with Crippen molar-refractivity contribution in [2.24, 2.45) is 0 Å². The van der Waals surface area contributed by atoms with Crippen molar-refractivity contribution >= 4 is 0 Å². The van der Waals surface area contributed by atoms with Gasteiger partial charge in [0.2, 0.25) is 0 Å². The summed E-state index contributed by atoms with van der Waals surface area (Å²) in [6.07, 6.45) is 0. The molecule has 4 aromatic rings. The molecule has 0 unspecified atom stereocenters. The monoisotopic (exact) mass is 336 g/mol. The summed E-state index contributed by atoms with van der Waals surface area (Å²) in [5, 5.41) is 0. The highest BCUT2D eigenvalue weighted by Gasteiger charge is 2.10. The van der Waals surface area contributed by atoms with Crippen LogP contribution in [0.2, 0.25) is 0 Å². The van der Waals surface area contributed by atoms with Gasteiger partial charge in [-0.05, 0) is 26.0 Å². The summed E-state index contributed by atoms with van der Waals surface area (Å²) in [4.78, 5) is 9.70. The molecule has 0 aliphatic carbocycles. The van der Waals surface area contributed by atoms with E-state index in [1.165, 1.54) is 11.1 Å². The molecule has 0 saturated carbocycles. The summed E-state index contributed by atoms with van der Waals surface area (Å²) < 4.78 is 0. The number of aryl methyl sites for hydroxylation is 2. The van der Waals surface area contributed by atoms with E-state index in [4.69, 9.17) is 9.97 Å². The van der Waals surface area contributed by atoms with Crippen molar-refractivity contribution in [2.75, 3.05) is 0 Å². The van der Waals surface area contributed by atoms with E-state index in [-0.39, 0.29) is 0 Å². The molecule has 26 heavy (non-hydrogen) atoms. The zero-order valence-corrected chi connectivity index (χ0v) is 15.0. The van der Waals surface area contributed by atoms with Crippen molar-refractivity contribution in [3.05, 3.63) is 96.1 Å². The maximum absolute atomic E-state index is 4.86. The van der Waals surface area contributed by atoms with E-state index in [2.05, 4.69) is 80.6 Å². The highest BCUT2D eigenvalue weighted by molar-refractivity contribution is 5.71. The normalized spacial score (nSPS) is 10.7. The van der Waals surface area contributed by atoms with E-state index in [0.717, 1.165) is 33.9 Å². The largest absolute Gasteiger partial charge is 0.228 e. The van der Waals surface area contributed by atoms with Crippen LogP contribution in [0.3, 0.4) is 0 Å². The molecule has 0 saturated heterocycles. The lowest BCUT2D eigenvalue weighted by atomic mass is 10.0. The molecular weight excluding hydrogens is 316 g/mol. The molecule has 0 aliphatic rings. The van der Waals surface area contributed by atoms with Crippen LogP contribution >= 0.6 is 0 Å². The van der Waals surface area contributed by atoms with E-state index in [0.29, 0.717) is 0 Å². The Morgan fingerprint density at radius 3 is 1.85 bits per heavy atom. The molecule has 0 spiro atoms. The first-order chi connectivity index (χ1) is 12.7. The number of rotatable bonds is 3. The summed E-state index contributed by atoms with van der Waals surface area (Å²) >= 11 is 0. The van der Waals surface area contributed by atoms with Crippen LogP contribution in [0, 0.1) is 13.8 Å². The minimum absolute atomic E-state index is 0.753. The van der Waals surface area contributed by atoms with Crippen molar-refractivity contribution < 1.29 is 0 Å². The van der Waals surface area contributed by atoms with Crippen LogP contribution in [0.4, 0.5) is 0 Å². The predicted octanol–water partition coefficient (Wildman–Crippen LogP) is 6.09. The van der Waals surface area contributed by atoms with Crippen LogP contribution in [0.5, 0.6) is 0 Å². The highest BCUT2D eigenvalue weighted by atomic mass is 14.9. The van der Waals surface area contributed by atoms with E-state index < -0.39 is 0 Å². The van der Waals surface area contributed by atoms with Crippen LogP contribution in [0.15, 0.2) is 84.9 Å². The van der Waals surface area contributed by atoms with Crippen LogP contribution < -0.4 is 0 Å². The molecule has 0 N–H and O–H groups in total. The standard InChI is InChI=1S/C24H20N2/c1-17-11-13-20(14-12-17)24-25-22(19-8-4-3-5-9-19)16-23(26-24)21-10-6-7-18(2)15-21/h3-16H,1-2H3. The molecular formula is C24H20N2. The Balaban J connectivity index is 1.91. The lowest BCUT2D eigenvalue weighted by Crippen LogP contribution is -1.96. The second-order valence-corrected chi connectivity index (χ2v) is 6.56. The lowest BCUT2D eigenvalue weighted by Gasteiger charge is -2.10. The van der Waals surface area contributed by atoms with Crippen molar-refractivity contribution in [2.45, 2.75) is 13.8 Å². The molecule has 126 valence electrons. The highest BCUT2D eigenvalue weighted by Crippen LogP contribution is 2.27. The van der Waals surface area contributed by atoms with Gasteiger partial charge in [-0.3, -0.25) is 0 Å². The molecule has 2 heteroatoms. The van der Waals surface area contributed by atoms with Gasteiger partial charge in [-0.25, -0.2) is 9.97 Å². The second-order valence-electron chi connectivity index (χ2n) is 6.56. The Bertz CT molecular complexity index is 1040. The lowest BCUT2D eigenvalue weighted by molar-refractivity contribution is 1.18. The Kier molecular flexibility index (Phi) is 4.32. The van der Waals surface area contributed by atoms with E-state index in [1.807, 2.05) is 18.2 Å². The van der Waals surface area contributed by atoms with Crippen molar-refractivity contribution in [1.29, 1.82) is 0 Å². The molecule has 0 atom stereocenters. The fourth-order valence-electron chi connectivity index (χ4n) is 2.99. The van der Waals surface area contributed by atoms with Crippen LogP contribution in [-0.2, 0) is 0 Å². The Labute approximate surface area is 154 Å². The first-order valence-corrected chi connectivity index (χ1v) is 8.78. The van der Waals surface area contributed by atoms with Crippen molar-refractivity contribution in [1.82, 2.24) is 9.97 Å². The van der Waals surface area contributed by atoms with Gasteiger partial charge in [0.15, 0.2) is 5.82 Å². The Morgan fingerprint density at radius 2 is 1.15 bits per heavy atom. The molecule has 0 fully saturated rings. The summed E-state index contributed by atoms with van der Waals surface area (Å²) in [7, 11) is 0.